The summed E-state index contributed by atoms with van der Waals surface area (Å²) >= 11 is 0. The van der Waals surface area contributed by atoms with E-state index in [0.717, 1.165) is 46.8 Å². The molecule has 0 aliphatic carbocycles. The molecule has 34 heavy (non-hydrogen) atoms. The zero-order chi connectivity index (χ0) is 24.4. The SMILES string of the molecule is CC(=O)N1[C@H](C)CN(c2cccc(-c3c[nH]c4ncc(CC(=O)OCC(C)C)cc34)n2)C[C@@H]1C. The third-order valence-corrected chi connectivity index (χ3v) is 6.13. The minimum Gasteiger partial charge on any atom is -0.465 e. The van der Waals surface area contributed by atoms with Crippen LogP contribution in [-0.4, -0.2) is 63.5 Å². The summed E-state index contributed by atoms with van der Waals surface area (Å²) in [6.07, 6.45) is 3.80. The van der Waals surface area contributed by atoms with Gasteiger partial charge < -0.3 is 19.5 Å². The van der Waals surface area contributed by atoms with Crippen molar-refractivity contribution in [1.82, 2.24) is 19.9 Å². The Hall–Kier alpha value is -3.42. The summed E-state index contributed by atoms with van der Waals surface area (Å²) in [4.78, 5) is 41.0. The van der Waals surface area contributed by atoms with Gasteiger partial charge in [-0.15, -0.1) is 0 Å². The van der Waals surface area contributed by atoms with Crippen LogP contribution in [-0.2, 0) is 20.7 Å². The number of ether oxygens (including phenoxy) is 1. The second kappa shape index (κ2) is 9.83. The number of fused-ring (bicyclic) bond motifs is 1. The Morgan fingerprint density at radius 2 is 1.94 bits per heavy atom. The number of carbonyl (C=O) groups excluding carboxylic acids is 2. The van der Waals surface area contributed by atoms with Crippen LogP contribution in [0.3, 0.4) is 0 Å². The van der Waals surface area contributed by atoms with Crippen molar-refractivity contribution in [1.29, 1.82) is 0 Å². The Morgan fingerprint density at radius 3 is 2.62 bits per heavy atom. The molecule has 8 heteroatoms. The van der Waals surface area contributed by atoms with Gasteiger partial charge in [0, 0.05) is 55.4 Å². The molecule has 1 N–H and O–H groups in total. The number of nitrogens with zero attached hydrogens (tertiary/aromatic N) is 4. The van der Waals surface area contributed by atoms with Crippen LogP contribution >= 0.6 is 0 Å². The van der Waals surface area contributed by atoms with Crippen molar-refractivity contribution < 1.29 is 14.3 Å². The van der Waals surface area contributed by atoms with Crippen LogP contribution in [0, 0.1) is 5.92 Å². The number of amides is 1. The third-order valence-electron chi connectivity index (χ3n) is 6.13. The van der Waals surface area contributed by atoms with Crippen LogP contribution in [0.2, 0.25) is 0 Å². The molecule has 4 rings (SSSR count). The summed E-state index contributed by atoms with van der Waals surface area (Å²) < 4.78 is 5.32. The Morgan fingerprint density at radius 1 is 1.21 bits per heavy atom. The quantitative estimate of drug-likeness (QED) is 0.559. The van der Waals surface area contributed by atoms with Crippen molar-refractivity contribution in [3.05, 3.63) is 42.2 Å². The Kier molecular flexibility index (Phi) is 6.86. The number of esters is 1. The molecule has 4 heterocycles. The molecule has 0 aromatic carbocycles. The molecule has 8 nitrogen and oxygen atoms in total. The van der Waals surface area contributed by atoms with Crippen molar-refractivity contribution in [3.8, 4) is 11.3 Å². The van der Waals surface area contributed by atoms with Gasteiger partial charge in [0.15, 0.2) is 0 Å². The summed E-state index contributed by atoms with van der Waals surface area (Å²) in [5, 5.41) is 0.918. The maximum atomic E-state index is 12.2. The molecule has 1 amide bonds. The highest BCUT2D eigenvalue weighted by Gasteiger charge is 2.31. The van der Waals surface area contributed by atoms with E-state index in [4.69, 9.17) is 9.72 Å². The minimum atomic E-state index is -0.250. The fraction of sp³-hybridized carbons (Fsp3) is 0.462. The van der Waals surface area contributed by atoms with Gasteiger partial charge in [0.1, 0.15) is 11.5 Å². The molecule has 1 saturated heterocycles. The van der Waals surface area contributed by atoms with E-state index in [2.05, 4.69) is 28.7 Å². The molecule has 1 aliphatic heterocycles. The molecule has 180 valence electrons. The first-order valence-corrected chi connectivity index (χ1v) is 11.9. The molecule has 2 atom stereocenters. The monoisotopic (exact) mass is 463 g/mol. The summed E-state index contributed by atoms with van der Waals surface area (Å²) in [6, 6.07) is 8.20. The number of nitrogens with one attached hydrogen (secondary N) is 1. The fourth-order valence-electron chi connectivity index (χ4n) is 4.71. The number of rotatable bonds is 6. The van der Waals surface area contributed by atoms with Crippen molar-refractivity contribution in [2.75, 3.05) is 24.6 Å². The first kappa shape index (κ1) is 23.7. The van der Waals surface area contributed by atoms with Crippen LogP contribution in [0.15, 0.2) is 36.7 Å². The number of carbonyl (C=O) groups is 2. The van der Waals surface area contributed by atoms with Gasteiger partial charge in [-0.3, -0.25) is 9.59 Å². The minimum absolute atomic E-state index is 0.108. The number of H-pyrrole nitrogens is 1. The lowest BCUT2D eigenvalue weighted by Crippen LogP contribution is -2.58. The summed E-state index contributed by atoms with van der Waals surface area (Å²) in [5.41, 5.74) is 3.32. The molecule has 3 aromatic heterocycles. The standard InChI is InChI=1S/C26H33N5O3/c1-16(2)15-34-25(33)10-20-9-21-22(12-28-26(21)27-11-20)23-7-6-8-24(29-23)30-13-17(3)31(19(5)32)18(4)14-30/h6-9,11-12,16-18H,10,13-15H2,1-5H3,(H,27,28)/t17-,18+. The van der Waals surface area contributed by atoms with Crippen molar-refractivity contribution >= 4 is 28.7 Å². The van der Waals surface area contributed by atoms with Gasteiger partial charge in [-0.25, -0.2) is 9.97 Å². The lowest BCUT2D eigenvalue weighted by molar-refractivity contribution is -0.143. The molecule has 0 bridgehead atoms. The normalized spacial score (nSPS) is 18.5. The van der Waals surface area contributed by atoms with Gasteiger partial charge in [0.25, 0.3) is 0 Å². The highest BCUT2D eigenvalue weighted by Crippen LogP contribution is 2.29. The lowest BCUT2D eigenvalue weighted by Gasteiger charge is -2.44. The van der Waals surface area contributed by atoms with Crippen LogP contribution in [0.1, 0.15) is 40.2 Å². The number of hydrogen-bond donors (Lipinski definition) is 1. The molecule has 0 saturated carbocycles. The van der Waals surface area contributed by atoms with Gasteiger partial charge in [-0.1, -0.05) is 19.9 Å². The van der Waals surface area contributed by atoms with E-state index in [1.165, 1.54) is 0 Å². The predicted molar refractivity (Wildman–Crippen MR) is 132 cm³/mol. The molecular formula is C26H33N5O3. The smallest absolute Gasteiger partial charge is 0.310 e. The van der Waals surface area contributed by atoms with E-state index in [9.17, 15) is 9.59 Å². The van der Waals surface area contributed by atoms with Crippen LogP contribution in [0.5, 0.6) is 0 Å². The number of hydrogen-bond acceptors (Lipinski definition) is 6. The highest BCUT2D eigenvalue weighted by molar-refractivity contribution is 5.93. The lowest BCUT2D eigenvalue weighted by atomic mass is 10.1. The van der Waals surface area contributed by atoms with Crippen LogP contribution < -0.4 is 4.90 Å². The third kappa shape index (κ3) is 5.05. The number of aromatic nitrogens is 3. The number of anilines is 1. The van der Waals surface area contributed by atoms with Gasteiger partial charge in [0.05, 0.1) is 18.7 Å². The highest BCUT2D eigenvalue weighted by atomic mass is 16.5. The van der Waals surface area contributed by atoms with E-state index in [-0.39, 0.29) is 30.4 Å². The second-order valence-electron chi connectivity index (χ2n) is 9.61. The largest absolute Gasteiger partial charge is 0.465 e. The van der Waals surface area contributed by atoms with E-state index < -0.39 is 0 Å². The van der Waals surface area contributed by atoms with E-state index >= 15 is 0 Å². The summed E-state index contributed by atoms with van der Waals surface area (Å²) in [5.74, 6) is 1.04. The number of aromatic amines is 1. The van der Waals surface area contributed by atoms with E-state index in [1.54, 1.807) is 13.1 Å². The Labute approximate surface area is 200 Å². The predicted octanol–water partition coefficient (Wildman–Crippen LogP) is 3.81. The van der Waals surface area contributed by atoms with Gasteiger partial charge in [-0.2, -0.15) is 0 Å². The molecular weight excluding hydrogens is 430 g/mol. The van der Waals surface area contributed by atoms with E-state index in [1.807, 2.05) is 49.2 Å². The summed E-state index contributed by atoms with van der Waals surface area (Å²) in [6.45, 7) is 11.7. The molecule has 1 fully saturated rings. The fourth-order valence-corrected chi connectivity index (χ4v) is 4.71. The Bertz CT molecular complexity index is 1180. The van der Waals surface area contributed by atoms with Crippen LogP contribution in [0.4, 0.5) is 5.82 Å². The number of piperazine rings is 1. The van der Waals surface area contributed by atoms with Gasteiger partial charge in [-0.05, 0) is 43.5 Å². The zero-order valence-electron chi connectivity index (χ0n) is 20.5. The van der Waals surface area contributed by atoms with Gasteiger partial charge in [0.2, 0.25) is 5.91 Å². The molecule has 0 radical (unpaired) electrons. The number of pyridine rings is 2. The topological polar surface area (TPSA) is 91.4 Å². The first-order valence-electron chi connectivity index (χ1n) is 11.9. The zero-order valence-corrected chi connectivity index (χ0v) is 20.5. The Balaban J connectivity index is 1.57. The maximum absolute atomic E-state index is 12.2. The first-order chi connectivity index (χ1) is 16.2. The summed E-state index contributed by atoms with van der Waals surface area (Å²) in [7, 11) is 0. The van der Waals surface area contributed by atoms with E-state index in [0.29, 0.717) is 12.5 Å². The van der Waals surface area contributed by atoms with Gasteiger partial charge >= 0.3 is 5.97 Å². The average Bonchev–Trinajstić information content (AvgIpc) is 3.20. The molecule has 1 aliphatic rings. The van der Waals surface area contributed by atoms with Crippen molar-refractivity contribution in [3.63, 3.8) is 0 Å². The second-order valence-corrected chi connectivity index (χ2v) is 9.61. The van der Waals surface area contributed by atoms with Crippen molar-refractivity contribution in [2.24, 2.45) is 5.92 Å². The van der Waals surface area contributed by atoms with Crippen molar-refractivity contribution in [2.45, 2.75) is 53.1 Å². The average molecular weight is 464 g/mol. The van der Waals surface area contributed by atoms with Crippen LogP contribution in [0.25, 0.3) is 22.3 Å². The molecule has 0 spiro atoms. The molecule has 3 aromatic rings. The molecule has 0 unspecified atom stereocenters. The maximum Gasteiger partial charge on any atom is 0.310 e.